The van der Waals surface area contributed by atoms with Crippen molar-refractivity contribution in [2.45, 2.75) is 25.4 Å². The number of aryl methyl sites for hydroxylation is 1. The summed E-state index contributed by atoms with van der Waals surface area (Å²) < 4.78 is 1.69. The Bertz CT molecular complexity index is 375. The lowest BCUT2D eigenvalue weighted by atomic mass is 10.1. The third-order valence-corrected chi connectivity index (χ3v) is 3.11. The zero-order valence-corrected chi connectivity index (χ0v) is 9.39. The highest BCUT2D eigenvalue weighted by atomic mass is 16.3. The van der Waals surface area contributed by atoms with Crippen LogP contribution < -0.4 is 5.32 Å². The molecule has 0 saturated heterocycles. The Morgan fingerprint density at radius 2 is 2.50 bits per heavy atom. The monoisotopic (exact) mass is 223 g/mol. The molecule has 1 aromatic rings. The highest BCUT2D eigenvalue weighted by Crippen LogP contribution is 2.24. The zero-order chi connectivity index (χ0) is 11.5. The van der Waals surface area contributed by atoms with Crippen LogP contribution in [0.15, 0.2) is 12.5 Å². The number of carbonyl (C=O) groups excluding carboxylic acids is 1. The first kappa shape index (κ1) is 11.1. The van der Waals surface area contributed by atoms with Crippen molar-refractivity contribution in [1.29, 1.82) is 0 Å². The lowest BCUT2D eigenvalue weighted by Gasteiger charge is -2.10. The van der Waals surface area contributed by atoms with Gasteiger partial charge in [-0.1, -0.05) is 0 Å². The smallest absolute Gasteiger partial charge is 0.269 e. The summed E-state index contributed by atoms with van der Waals surface area (Å²) in [5.41, 5.74) is 0.568. The third kappa shape index (κ3) is 2.41. The predicted molar refractivity (Wildman–Crippen MR) is 58.9 cm³/mol. The summed E-state index contributed by atoms with van der Waals surface area (Å²) >= 11 is 0. The lowest BCUT2D eigenvalue weighted by molar-refractivity contribution is 0.0937. The van der Waals surface area contributed by atoms with Crippen molar-refractivity contribution in [3.05, 3.63) is 18.2 Å². The van der Waals surface area contributed by atoms with E-state index >= 15 is 0 Å². The Morgan fingerprint density at radius 1 is 1.69 bits per heavy atom. The van der Waals surface area contributed by atoms with Crippen LogP contribution in [0, 0.1) is 5.92 Å². The van der Waals surface area contributed by atoms with Gasteiger partial charge >= 0.3 is 0 Å². The number of hydrogen-bond donors (Lipinski definition) is 2. The molecule has 0 radical (unpaired) electrons. The number of nitrogens with one attached hydrogen (secondary N) is 1. The maximum Gasteiger partial charge on any atom is 0.269 e. The molecule has 1 aromatic heterocycles. The van der Waals surface area contributed by atoms with Gasteiger partial charge in [-0.25, -0.2) is 4.98 Å². The second-order valence-electron chi connectivity index (χ2n) is 4.43. The quantitative estimate of drug-likeness (QED) is 0.775. The molecule has 0 aromatic carbocycles. The fourth-order valence-corrected chi connectivity index (χ4v) is 2.14. The van der Waals surface area contributed by atoms with Crippen molar-refractivity contribution in [3.8, 4) is 0 Å². The second kappa shape index (κ2) is 4.65. The van der Waals surface area contributed by atoms with E-state index in [1.807, 2.05) is 0 Å². The van der Waals surface area contributed by atoms with Crippen LogP contribution in [0.3, 0.4) is 0 Å². The van der Waals surface area contributed by atoms with Crippen molar-refractivity contribution in [3.63, 3.8) is 0 Å². The van der Waals surface area contributed by atoms with Crippen molar-refractivity contribution >= 4 is 5.91 Å². The van der Waals surface area contributed by atoms with Crippen molar-refractivity contribution < 1.29 is 9.90 Å². The molecule has 1 aliphatic carbocycles. The van der Waals surface area contributed by atoms with Crippen LogP contribution in [-0.4, -0.2) is 33.2 Å². The third-order valence-electron chi connectivity index (χ3n) is 3.11. The molecule has 5 heteroatoms. The zero-order valence-electron chi connectivity index (χ0n) is 9.39. The van der Waals surface area contributed by atoms with Gasteiger partial charge in [0.1, 0.15) is 5.69 Å². The van der Waals surface area contributed by atoms with Gasteiger partial charge in [0.25, 0.3) is 5.91 Å². The molecule has 1 amide bonds. The lowest BCUT2D eigenvalue weighted by Crippen LogP contribution is -2.29. The van der Waals surface area contributed by atoms with Gasteiger partial charge in [-0.15, -0.1) is 0 Å². The first-order valence-electron chi connectivity index (χ1n) is 5.59. The van der Waals surface area contributed by atoms with E-state index in [1.165, 1.54) is 0 Å². The Balaban J connectivity index is 1.82. The Kier molecular flexibility index (Phi) is 3.24. The molecule has 5 nitrogen and oxygen atoms in total. The molecule has 2 unspecified atom stereocenters. The molecule has 88 valence electrons. The Hall–Kier alpha value is -1.36. The minimum Gasteiger partial charge on any atom is -0.393 e. The summed E-state index contributed by atoms with van der Waals surface area (Å²) in [6.07, 6.45) is 5.62. The van der Waals surface area contributed by atoms with Crippen molar-refractivity contribution in [2.75, 3.05) is 6.54 Å². The molecule has 1 heterocycles. The van der Waals surface area contributed by atoms with Crippen LogP contribution >= 0.6 is 0 Å². The van der Waals surface area contributed by atoms with Gasteiger partial charge in [0.2, 0.25) is 0 Å². The first-order chi connectivity index (χ1) is 7.66. The minimum absolute atomic E-state index is 0.0959. The van der Waals surface area contributed by atoms with Gasteiger partial charge < -0.3 is 15.0 Å². The van der Waals surface area contributed by atoms with E-state index in [-0.39, 0.29) is 12.0 Å². The molecule has 16 heavy (non-hydrogen) atoms. The summed E-state index contributed by atoms with van der Waals surface area (Å²) in [4.78, 5) is 15.6. The molecule has 1 aliphatic rings. The van der Waals surface area contributed by atoms with E-state index in [4.69, 9.17) is 0 Å². The number of amides is 1. The van der Waals surface area contributed by atoms with E-state index in [9.17, 15) is 9.90 Å². The number of hydrogen-bond acceptors (Lipinski definition) is 3. The molecule has 2 atom stereocenters. The van der Waals surface area contributed by atoms with Gasteiger partial charge in [0.05, 0.1) is 18.6 Å². The molecule has 0 aliphatic heterocycles. The standard InChI is InChI=1S/C11H17N3O2/c1-14-7-12-6-10(14)11(16)13-5-8-2-3-9(15)4-8/h6-9,15H,2-5H2,1H3,(H,13,16). The number of aromatic nitrogens is 2. The van der Waals surface area contributed by atoms with Gasteiger partial charge in [0.15, 0.2) is 0 Å². The van der Waals surface area contributed by atoms with E-state index in [2.05, 4.69) is 10.3 Å². The topological polar surface area (TPSA) is 67.2 Å². The number of carbonyl (C=O) groups is 1. The fourth-order valence-electron chi connectivity index (χ4n) is 2.14. The van der Waals surface area contributed by atoms with Crippen molar-refractivity contribution in [2.24, 2.45) is 13.0 Å². The summed E-state index contributed by atoms with van der Waals surface area (Å²) in [5, 5.41) is 12.2. The average molecular weight is 223 g/mol. The predicted octanol–water partition coefficient (Wildman–Crippen LogP) is 0.311. The molecule has 1 fully saturated rings. The average Bonchev–Trinajstić information content (AvgIpc) is 2.84. The van der Waals surface area contributed by atoms with Gasteiger partial charge in [-0.05, 0) is 25.2 Å². The van der Waals surface area contributed by atoms with Gasteiger partial charge in [-0.3, -0.25) is 4.79 Å². The molecular weight excluding hydrogens is 206 g/mol. The maximum absolute atomic E-state index is 11.7. The SMILES string of the molecule is Cn1cncc1C(=O)NCC1CCC(O)C1. The Morgan fingerprint density at radius 3 is 3.06 bits per heavy atom. The van der Waals surface area contributed by atoms with E-state index < -0.39 is 0 Å². The molecule has 0 spiro atoms. The number of rotatable bonds is 3. The van der Waals surface area contributed by atoms with E-state index in [0.29, 0.717) is 18.2 Å². The summed E-state index contributed by atoms with van der Waals surface area (Å²) in [6, 6.07) is 0. The normalized spacial score (nSPS) is 24.6. The highest BCUT2D eigenvalue weighted by molar-refractivity contribution is 5.92. The first-order valence-corrected chi connectivity index (χ1v) is 5.59. The van der Waals surface area contributed by atoms with Crippen LogP contribution in [0.2, 0.25) is 0 Å². The second-order valence-corrected chi connectivity index (χ2v) is 4.43. The highest BCUT2D eigenvalue weighted by Gasteiger charge is 2.23. The summed E-state index contributed by atoms with van der Waals surface area (Å²) in [5.74, 6) is 0.313. The van der Waals surface area contributed by atoms with Crippen LogP contribution in [0.5, 0.6) is 0 Å². The maximum atomic E-state index is 11.7. The van der Waals surface area contributed by atoms with E-state index in [0.717, 1.165) is 19.3 Å². The van der Waals surface area contributed by atoms with Crippen LogP contribution in [0.1, 0.15) is 29.8 Å². The molecular formula is C11H17N3O2. The molecule has 2 N–H and O–H groups in total. The Labute approximate surface area is 94.5 Å². The number of imidazole rings is 1. The number of aliphatic hydroxyl groups is 1. The van der Waals surface area contributed by atoms with Crippen LogP contribution in [-0.2, 0) is 7.05 Å². The number of nitrogens with zero attached hydrogens (tertiary/aromatic N) is 2. The number of aliphatic hydroxyl groups excluding tert-OH is 1. The molecule has 2 rings (SSSR count). The van der Waals surface area contributed by atoms with Gasteiger partial charge in [0, 0.05) is 13.6 Å². The minimum atomic E-state index is -0.182. The fraction of sp³-hybridized carbons (Fsp3) is 0.636. The van der Waals surface area contributed by atoms with Crippen LogP contribution in [0.4, 0.5) is 0 Å². The van der Waals surface area contributed by atoms with E-state index in [1.54, 1.807) is 24.1 Å². The van der Waals surface area contributed by atoms with Crippen LogP contribution in [0.25, 0.3) is 0 Å². The largest absolute Gasteiger partial charge is 0.393 e. The summed E-state index contributed by atoms with van der Waals surface area (Å²) in [6.45, 7) is 0.640. The summed E-state index contributed by atoms with van der Waals surface area (Å²) in [7, 11) is 1.79. The van der Waals surface area contributed by atoms with Crippen molar-refractivity contribution in [1.82, 2.24) is 14.9 Å². The molecule has 0 bridgehead atoms. The van der Waals surface area contributed by atoms with Gasteiger partial charge in [-0.2, -0.15) is 0 Å². The molecule has 1 saturated carbocycles.